The van der Waals surface area contributed by atoms with Gasteiger partial charge in [-0.05, 0) is 17.7 Å². The summed E-state index contributed by atoms with van der Waals surface area (Å²) in [5.41, 5.74) is 0.00130. The predicted molar refractivity (Wildman–Crippen MR) is 41.6 cm³/mol. The molecule has 0 atom stereocenters. The Morgan fingerprint density at radius 3 is 2.31 bits per heavy atom. The molecule has 0 aliphatic heterocycles. The van der Waals surface area contributed by atoms with Gasteiger partial charge in [-0.3, -0.25) is 4.55 Å². The molecule has 0 radical (unpaired) electrons. The van der Waals surface area contributed by atoms with Crippen molar-refractivity contribution in [1.82, 2.24) is 0 Å². The lowest BCUT2D eigenvalue weighted by atomic mass is 10.2. The molecule has 1 aromatic carbocycles. The second kappa shape index (κ2) is 3.39. The van der Waals surface area contributed by atoms with Gasteiger partial charge < -0.3 is 0 Å². The highest BCUT2D eigenvalue weighted by Gasteiger charge is 2.09. The molecule has 1 N–H and O–H groups in total. The fraction of sp³-hybridized carbons (Fsp3) is 0.143. The SMILES string of the molecule is O=S(=O)(O)Cc1ccc(F)c(F)c1. The lowest BCUT2D eigenvalue weighted by molar-refractivity contribution is 0.481. The Bertz CT molecular complexity index is 414. The molecule has 0 bridgehead atoms. The van der Waals surface area contributed by atoms with Crippen molar-refractivity contribution in [1.29, 1.82) is 0 Å². The van der Waals surface area contributed by atoms with Crippen molar-refractivity contribution in [3.05, 3.63) is 35.4 Å². The van der Waals surface area contributed by atoms with Gasteiger partial charge in [-0.1, -0.05) is 6.07 Å². The molecule has 1 rings (SSSR count). The molecule has 0 saturated carbocycles. The van der Waals surface area contributed by atoms with Gasteiger partial charge in [0.15, 0.2) is 11.6 Å². The maximum atomic E-state index is 12.5. The molecule has 0 heterocycles. The van der Waals surface area contributed by atoms with Crippen LogP contribution in [0.1, 0.15) is 5.56 Å². The highest BCUT2D eigenvalue weighted by molar-refractivity contribution is 7.85. The van der Waals surface area contributed by atoms with Gasteiger partial charge in [-0.25, -0.2) is 8.78 Å². The summed E-state index contributed by atoms with van der Waals surface area (Å²) in [4.78, 5) is 0. The van der Waals surface area contributed by atoms with E-state index in [1.165, 1.54) is 0 Å². The van der Waals surface area contributed by atoms with Crippen molar-refractivity contribution in [3.63, 3.8) is 0 Å². The summed E-state index contributed by atoms with van der Waals surface area (Å²) in [5, 5.41) is 0. The average molecular weight is 208 g/mol. The number of halogens is 2. The van der Waals surface area contributed by atoms with Gasteiger partial charge in [0, 0.05) is 0 Å². The predicted octanol–water partition coefficient (Wildman–Crippen LogP) is 1.35. The fourth-order valence-electron chi connectivity index (χ4n) is 0.840. The molecule has 6 heteroatoms. The molecular formula is C7H6F2O3S. The zero-order chi connectivity index (χ0) is 10.1. The first-order chi connectivity index (χ1) is 5.88. The van der Waals surface area contributed by atoms with Crippen LogP contribution in [0.2, 0.25) is 0 Å². The molecule has 0 aliphatic carbocycles. The van der Waals surface area contributed by atoms with E-state index in [4.69, 9.17) is 4.55 Å². The van der Waals surface area contributed by atoms with Crippen molar-refractivity contribution in [2.45, 2.75) is 5.75 Å². The first-order valence-electron chi connectivity index (χ1n) is 3.27. The minimum atomic E-state index is -4.20. The normalized spacial score (nSPS) is 11.6. The highest BCUT2D eigenvalue weighted by atomic mass is 32.2. The molecule has 0 fully saturated rings. The summed E-state index contributed by atoms with van der Waals surface area (Å²) in [7, 11) is -4.20. The van der Waals surface area contributed by atoms with Crippen molar-refractivity contribution in [3.8, 4) is 0 Å². The first kappa shape index (κ1) is 10.1. The zero-order valence-corrected chi connectivity index (χ0v) is 7.18. The Hall–Kier alpha value is -1.01. The van der Waals surface area contributed by atoms with Crippen molar-refractivity contribution in [2.24, 2.45) is 0 Å². The van der Waals surface area contributed by atoms with Crippen LogP contribution >= 0.6 is 0 Å². The van der Waals surface area contributed by atoms with Crippen LogP contribution in [0.25, 0.3) is 0 Å². The Morgan fingerprint density at radius 2 is 1.85 bits per heavy atom. The van der Waals surface area contributed by atoms with Crippen LogP contribution in [0.3, 0.4) is 0 Å². The summed E-state index contributed by atoms with van der Waals surface area (Å²) < 4.78 is 53.9. The Balaban J connectivity index is 2.99. The third kappa shape index (κ3) is 3.08. The molecule has 3 nitrogen and oxygen atoms in total. The van der Waals surface area contributed by atoms with Gasteiger partial charge in [0.2, 0.25) is 0 Å². The topological polar surface area (TPSA) is 54.4 Å². The summed E-state index contributed by atoms with van der Waals surface area (Å²) in [6, 6.07) is 2.62. The Labute approximate surface area is 73.8 Å². The van der Waals surface area contributed by atoms with Crippen LogP contribution < -0.4 is 0 Å². The van der Waals surface area contributed by atoms with Crippen molar-refractivity contribution in [2.75, 3.05) is 0 Å². The van der Waals surface area contributed by atoms with E-state index in [1.807, 2.05) is 0 Å². The second-order valence-corrected chi connectivity index (χ2v) is 3.93. The smallest absolute Gasteiger partial charge is 0.269 e. The summed E-state index contributed by atoms with van der Waals surface area (Å²) in [6.07, 6.45) is 0. The van der Waals surface area contributed by atoms with Gasteiger partial charge in [0.05, 0.1) is 0 Å². The van der Waals surface area contributed by atoms with Gasteiger partial charge in [-0.15, -0.1) is 0 Å². The molecule has 0 amide bonds. The van der Waals surface area contributed by atoms with E-state index in [-0.39, 0.29) is 5.56 Å². The van der Waals surface area contributed by atoms with E-state index in [2.05, 4.69) is 0 Å². The Kier molecular flexibility index (Phi) is 2.63. The molecule has 0 spiro atoms. The quantitative estimate of drug-likeness (QED) is 0.746. The van der Waals surface area contributed by atoms with Gasteiger partial charge >= 0.3 is 0 Å². The molecule has 1 aromatic rings. The third-order valence-corrected chi connectivity index (χ3v) is 2.03. The standard InChI is InChI=1S/C7H6F2O3S/c8-6-2-1-5(3-7(6)9)4-13(10,11)12/h1-3H,4H2,(H,10,11,12). The summed E-state index contributed by atoms with van der Waals surface area (Å²) >= 11 is 0. The molecule has 0 aliphatic rings. The molecule has 0 saturated heterocycles. The van der Waals surface area contributed by atoms with Crippen LogP contribution in [-0.2, 0) is 15.9 Å². The maximum absolute atomic E-state index is 12.5. The van der Waals surface area contributed by atoms with E-state index in [0.29, 0.717) is 0 Å². The number of hydrogen-bond acceptors (Lipinski definition) is 2. The molecule has 13 heavy (non-hydrogen) atoms. The van der Waals surface area contributed by atoms with E-state index in [0.717, 1.165) is 18.2 Å². The van der Waals surface area contributed by atoms with E-state index < -0.39 is 27.5 Å². The Morgan fingerprint density at radius 1 is 1.23 bits per heavy atom. The summed E-state index contributed by atoms with van der Waals surface area (Å²) in [6.45, 7) is 0. The monoisotopic (exact) mass is 208 g/mol. The molecule has 0 aromatic heterocycles. The summed E-state index contributed by atoms with van der Waals surface area (Å²) in [5.74, 6) is -2.91. The van der Waals surface area contributed by atoms with Crippen LogP contribution in [-0.4, -0.2) is 13.0 Å². The lowest BCUT2D eigenvalue weighted by Gasteiger charge is -1.98. The second-order valence-electron chi connectivity index (χ2n) is 2.47. The molecular weight excluding hydrogens is 202 g/mol. The van der Waals surface area contributed by atoms with E-state index in [1.54, 1.807) is 0 Å². The van der Waals surface area contributed by atoms with Crippen LogP contribution in [0.5, 0.6) is 0 Å². The number of rotatable bonds is 2. The van der Waals surface area contributed by atoms with E-state index >= 15 is 0 Å². The lowest BCUT2D eigenvalue weighted by Crippen LogP contribution is -2.02. The first-order valence-corrected chi connectivity index (χ1v) is 4.88. The van der Waals surface area contributed by atoms with Crippen molar-refractivity contribution >= 4 is 10.1 Å². The average Bonchev–Trinajstić information content (AvgIpc) is 1.94. The van der Waals surface area contributed by atoms with Gasteiger partial charge in [0.1, 0.15) is 5.75 Å². The minimum Gasteiger partial charge on any atom is -0.285 e. The van der Waals surface area contributed by atoms with Gasteiger partial charge in [0.25, 0.3) is 10.1 Å². The van der Waals surface area contributed by atoms with Crippen LogP contribution in [0.15, 0.2) is 18.2 Å². The fourth-order valence-corrected chi connectivity index (χ4v) is 1.44. The zero-order valence-electron chi connectivity index (χ0n) is 6.37. The molecule has 0 unspecified atom stereocenters. The van der Waals surface area contributed by atoms with Crippen molar-refractivity contribution < 1.29 is 21.8 Å². The highest BCUT2D eigenvalue weighted by Crippen LogP contribution is 2.10. The van der Waals surface area contributed by atoms with E-state index in [9.17, 15) is 17.2 Å². The largest absolute Gasteiger partial charge is 0.285 e. The number of hydrogen-bond donors (Lipinski definition) is 1. The third-order valence-electron chi connectivity index (χ3n) is 1.33. The van der Waals surface area contributed by atoms with Crippen LogP contribution in [0.4, 0.5) is 8.78 Å². The van der Waals surface area contributed by atoms with Gasteiger partial charge in [-0.2, -0.15) is 8.42 Å². The minimum absolute atomic E-state index is 0.00130. The maximum Gasteiger partial charge on any atom is 0.269 e. The van der Waals surface area contributed by atoms with Crippen LogP contribution in [0, 0.1) is 11.6 Å². The molecule has 72 valence electrons. The number of benzene rings is 1.